The zero-order chi connectivity index (χ0) is 7.40. The van der Waals surface area contributed by atoms with Crippen LogP contribution in [0.15, 0.2) is 16.8 Å². The van der Waals surface area contributed by atoms with Crippen LogP contribution in [0.4, 0.5) is 0 Å². The Kier molecular flexibility index (Phi) is 2.45. The van der Waals surface area contributed by atoms with Crippen molar-refractivity contribution in [2.45, 2.75) is 6.42 Å². The molecule has 0 saturated heterocycles. The Morgan fingerprint density at radius 1 is 1.80 bits per heavy atom. The van der Waals surface area contributed by atoms with E-state index in [1.165, 1.54) is 5.70 Å². The summed E-state index contributed by atoms with van der Waals surface area (Å²) in [5.74, 6) is 0. The molecular weight excluding hydrogens is 126 g/mol. The summed E-state index contributed by atoms with van der Waals surface area (Å²) < 4.78 is 0. The van der Waals surface area contributed by atoms with Gasteiger partial charge in [-0.05, 0) is 19.0 Å². The number of nitrogens with two attached hydrogens (primary N) is 1. The van der Waals surface area contributed by atoms with E-state index < -0.39 is 0 Å². The summed E-state index contributed by atoms with van der Waals surface area (Å²) >= 11 is 0. The summed E-state index contributed by atoms with van der Waals surface area (Å²) in [7, 11) is 1.99. The van der Waals surface area contributed by atoms with Crippen LogP contribution in [0.3, 0.4) is 0 Å². The summed E-state index contributed by atoms with van der Waals surface area (Å²) in [6.07, 6.45) is 4.89. The lowest BCUT2D eigenvalue weighted by atomic mass is 10.2. The quantitative estimate of drug-likeness (QED) is 0.593. The van der Waals surface area contributed by atoms with Crippen molar-refractivity contribution in [1.82, 2.24) is 4.90 Å². The standard InChI is InChI=1S/C7H13N3/c1-10-6-9-5-3-7(10)2-4-8/h3,6H,2,4-5,8H2,1H3. The van der Waals surface area contributed by atoms with Crippen molar-refractivity contribution < 1.29 is 0 Å². The minimum Gasteiger partial charge on any atom is -0.340 e. The van der Waals surface area contributed by atoms with Crippen LogP contribution in [0.5, 0.6) is 0 Å². The Labute approximate surface area is 61.2 Å². The van der Waals surface area contributed by atoms with Gasteiger partial charge in [0.15, 0.2) is 0 Å². The average molecular weight is 139 g/mol. The Morgan fingerprint density at radius 2 is 2.60 bits per heavy atom. The highest BCUT2D eigenvalue weighted by molar-refractivity contribution is 5.59. The van der Waals surface area contributed by atoms with Crippen molar-refractivity contribution in [3.05, 3.63) is 11.8 Å². The van der Waals surface area contributed by atoms with Crippen LogP contribution in [0, 0.1) is 0 Å². The SMILES string of the molecule is CN1C=NCC=C1CCN. The van der Waals surface area contributed by atoms with E-state index in [-0.39, 0.29) is 0 Å². The summed E-state index contributed by atoms with van der Waals surface area (Å²) in [5, 5.41) is 0. The smallest absolute Gasteiger partial charge is 0.0892 e. The predicted molar refractivity (Wildman–Crippen MR) is 42.9 cm³/mol. The summed E-state index contributed by atoms with van der Waals surface area (Å²) in [6, 6.07) is 0. The second-order valence-corrected chi connectivity index (χ2v) is 2.33. The molecule has 0 saturated carbocycles. The van der Waals surface area contributed by atoms with Crippen LogP contribution in [-0.4, -0.2) is 31.4 Å². The molecule has 0 spiro atoms. The molecular formula is C7H13N3. The lowest BCUT2D eigenvalue weighted by molar-refractivity contribution is 0.590. The molecule has 0 aromatic rings. The molecule has 10 heavy (non-hydrogen) atoms. The fourth-order valence-electron chi connectivity index (χ4n) is 0.972. The molecule has 2 N–H and O–H groups in total. The third kappa shape index (κ3) is 1.57. The van der Waals surface area contributed by atoms with Crippen LogP contribution in [-0.2, 0) is 0 Å². The first-order valence-electron chi connectivity index (χ1n) is 3.46. The van der Waals surface area contributed by atoms with Gasteiger partial charge in [-0.25, -0.2) is 0 Å². The molecule has 0 bridgehead atoms. The van der Waals surface area contributed by atoms with E-state index in [0.717, 1.165) is 13.0 Å². The topological polar surface area (TPSA) is 41.6 Å². The fraction of sp³-hybridized carbons (Fsp3) is 0.571. The van der Waals surface area contributed by atoms with Crippen LogP contribution >= 0.6 is 0 Å². The Hall–Kier alpha value is -0.830. The molecule has 0 aliphatic carbocycles. The number of hydrogen-bond donors (Lipinski definition) is 1. The molecule has 1 aliphatic rings. The molecule has 0 aromatic heterocycles. The second-order valence-electron chi connectivity index (χ2n) is 2.33. The second kappa shape index (κ2) is 3.37. The van der Waals surface area contributed by atoms with Crippen molar-refractivity contribution in [2.24, 2.45) is 10.7 Å². The van der Waals surface area contributed by atoms with Gasteiger partial charge in [0, 0.05) is 12.7 Å². The molecule has 56 valence electrons. The van der Waals surface area contributed by atoms with Crippen molar-refractivity contribution in [1.29, 1.82) is 0 Å². The van der Waals surface area contributed by atoms with E-state index in [2.05, 4.69) is 11.1 Å². The summed E-state index contributed by atoms with van der Waals surface area (Å²) in [5.41, 5.74) is 6.69. The largest absolute Gasteiger partial charge is 0.340 e. The van der Waals surface area contributed by atoms with Gasteiger partial charge in [0.25, 0.3) is 0 Å². The van der Waals surface area contributed by atoms with Gasteiger partial charge < -0.3 is 10.6 Å². The fourth-order valence-corrected chi connectivity index (χ4v) is 0.972. The molecule has 3 heteroatoms. The highest BCUT2D eigenvalue weighted by Crippen LogP contribution is 2.06. The lowest BCUT2D eigenvalue weighted by Gasteiger charge is -2.19. The molecule has 0 fully saturated rings. The van der Waals surface area contributed by atoms with E-state index in [0.29, 0.717) is 6.54 Å². The minimum atomic E-state index is 0.712. The summed E-state index contributed by atoms with van der Waals surface area (Å²) in [6.45, 7) is 1.52. The molecule has 1 heterocycles. The Bertz CT molecular complexity index is 160. The van der Waals surface area contributed by atoms with Crippen LogP contribution < -0.4 is 5.73 Å². The Balaban J connectivity index is 2.49. The Morgan fingerprint density at radius 3 is 3.20 bits per heavy atom. The lowest BCUT2D eigenvalue weighted by Crippen LogP contribution is -2.21. The van der Waals surface area contributed by atoms with Crippen molar-refractivity contribution in [3.8, 4) is 0 Å². The van der Waals surface area contributed by atoms with Gasteiger partial charge in [-0.1, -0.05) is 0 Å². The first kappa shape index (κ1) is 7.28. The molecule has 0 amide bonds. The van der Waals surface area contributed by atoms with Gasteiger partial charge in [0.2, 0.25) is 0 Å². The minimum absolute atomic E-state index is 0.712. The van der Waals surface area contributed by atoms with Gasteiger partial charge in [-0.3, -0.25) is 4.99 Å². The van der Waals surface area contributed by atoms with Crippen molar-refractivity contribution >= 4 is 6.34 Å². The maximum Gasteiger partial charge on any atom is 0.0892 e. The summed E-state index contributed by atoms with van der Waals surface area (Å²) in [4.78, 5) is 6.08. The number of hydrogen-bond acceptors (Lipinski definition) is 3. The molecule has 1 aliphatic heterocycles. The molecule has 0 aromatic carbocycles. The zero-order valence-electron chi connectivity index (χ0n) is 6.25. The predicted octanol–water partition coefficient (Wildman–Crippen LogP) is 0.193. The van der Waals surface area contributed by atoms with E-state index in [9.17, 15) is 0 Å². The number of aliphatic imine (C=N–C) groups is 1. The third-order valence-corrected chi connectivity index (χ3v) is 1.54. The number of rotatable bonds is 2. The van der Waals surface area contributed by atoms with Gasteiger partial charge in [-0.2, -0.15) is 0 Å². The maximum atomic E-state index is 5.41. The van der Waals surface area contributed by atoms with E-state index >= 15 is 0 Å². The van der Waals surface area contributed by atoms with E-state index in [1.807, 2.05) is 18.3 Å². The van der Waals surface area contributed by atoms with E-state index in [4.69, 9.17) is 5.73 Å². The molecule has 0 radical (unpaired) electrons. The zero-order valence-corrected chi connectivity index (χ0v) is 6.25. The maximum absolute atomic E-state index is 5.41. The van der Waals surface area contributed by atoms with Crippen molar-refractivity contribution in [2.75, 3.05) is 20.1 Å². The van der Waals surface area contributed by atoms with Crippen molar-refractivity contribution in [3.63, 3.8) is 0 Å². The van der Waals surface area contributed by atoms with Crippen LogP contribution in [0.1, 0.15) is 6.42 Å². The highest BCUT2D eigenvalue weighted by atomic mass is 15.1. The monoisotopic (exact) mass is 139 g/mol. The first-order chi connectivity index (χ1) is 4.84. The molecule has 1 rings (SSSR count). The molecule has 3 nitrogen and oxygen atoms in total. The third-order valence-electron chi connectivity index (χ3n) is 1.54. The average Bonchev–Trinajstić information content (AvgIpc) is 1.94. The van der Waals surface area contributed by atoms with E-state index in [1.54, 1.807) is 0 Å². The molecule has 0 unspecified atom stereocenters. The van der Waals surface area contributed by atoms with Crippen LogP contribution in [0.2, 0.25) is 0 Å². The first-order valence-corrected chi connectivity index (χ1v) is 3.46. The van der Waals surface area contributed by atoms with Gasteiger partial charge in [0.05, 0.1) is 12.9 Å². The van der Waals surface area contributed by atoms with Crippen LogP contribution in [0.25, 0.3) is 0 Å². The van der Waals surface area contributed by atoms with Gasteiger partial charge >= 0.3 is 0 Å². The van der Waals surface area contributed by atoms with Gasteiger partial charge in [-0.15, -0.1) is 0 Å². The highest BCUT2D eigenvalue weighted by Gasteiger charge is 2.02. The normalized spacial score (nSPS) is 17.4. The number of nitrogens with zero attached hydrogens (tertiary/aromatic N) is 2. The van der Waals surface area contributed by atoms with Gasteiger partial charge in [0.1, 0.15) is 0 Å². The molecule has 0 atom stereocenters.